The second-order valence-corrected chi connectivity index (χ2v) is 9.02. The second-order valence-electron chi connectivity index (χ2n) is 9.02. The minimum absolute atomic E-state index is 0.0610. The van der Waals surface area contributed by atoms with Crippen molar-refractivity contribution >= 4 is 23.7 Å². The van der Waals surface area contributed by atoms with Crippen LogP contribution in [0, 0.1) is 5.92 Å². The van der Waals surface area contributed by atoms with Crippen molar-refractivity contribution in [2.45, 2.75) is 45.9 Å². The molecule has 0 bridgehead atoms. The number of hydrogen-bond acceptors (Lipinski definition) is 4. The second kappa shape index (κ2) is 12.5. The molecule has 7 heteroatoms. The number of nitrogens with one attached hydrogen (secondary N) is 1. The molecule has 0 heterocycles. The third-order valence-electron chi connectivity index (χ3n) is 5.74. The van der Waals surface area contributed by atoms with Crippen LogP contribution >= 0.6 is 0 Å². The van der Waals surface area contributed by atoms with Gasteiger partial charge < -0.3 is 15.2 Å². The van der Waals surface area contributed by atoms with Gasteiger partial charge in [-0.25, -0.2) is 9.59 Å². The van der Waals surface area contributed by atoms with Gasteiger partial charge in [-0.3, -0.25) is 9.69 Å². The highest BCUT2D eigenvalue weighted by Gasteiger charge is 2.34. The molecule has 0 aliphatic carbocycles. The van der Waals surface area contributed by atoms with Gasteiger partial charge in [0.1, 0.15) is 18.7 Å². The molecule has 7 nitrogen and oxygen atoms in total. The van der Waals surface area contributed by atoms with E-state index in [1.165, 1.54) is 11.8 Å². The molecular formula is C29H32N2O5. The summed E-state index contributed by atoms with van der Waals surface area (Å²) in [5.74, 6) is -1.59. The van der Waals surface area contributed by atoms with Crippen LogP contribution in [0.4, 0.5) is 10.5 Å². The van der Waals surface area contributed by atoms with E-state index >= 15 is 0 Å². The van der Waals surface area contributed by atoms with Crippen molar-refractivity contribution in [3.8, 4) is 11.1 Å². The van der Waals surface area contributed by atoms with Gasteiger partial charge in [0.25, 0.3) is 0 Å². The van der Waals surface area contributed by atoms with Crippen LogP contribution < -0.4 is 10.2 Å². The van der Waals surface area contributed by atoms with Gasteiger partial charge in [-0.05, 0) is 48.1 Å². The molecule has 0 radical (unpaired) electrons. The molecule has 3 aromatic carbocycles. The number of nitrogens with zero attached hydrogens (tertiary/aromatic N) is 1. The van der Waals surface area contributed by atoms with E-state index in [1.807, 2.05) is 86.6 Å². The third kappa shape index (κ3) is 7.18. The summed E-state index contributed by atoms with van der Waals surface area (Å²) in [6, 6.07) is 24.0. The average molecular weight is 489 g/mol. The molecule has 0 fully saturated rings. The van der Waals surface area contributed by atoms with E-state index in [9.17, 15) is 19.5 Å². The van der Waals surface area contributed by atoms with Crippen LogP contribution in [0.5, 0.6) is 0 Å². The number of rotatable bonds is 10. The molecule has 0 spiro atoms. The molecule has 0 aromatic heterocycles. The van der Waals surface area contributed by atoms with Crippen molar-refractivity contribution in [3.63, 3.8) is 0 Å². The van der Waals surface area contributed by atoms with Crippen LogP contribution in [-0.2, 0) is 20.9 Å². The number of amides is 2. The van der Waals surface area contributed by atoms with Crippen LogP contribution in [0.3, 0.4) is 0 Å². The number of benzene rings is 3. The lowest BCUT2D eigenvalue weighted by Crippen LogP contribution is -2.54. The van der Waals surface area contributed by atoms with Crippen molar-refractivity contribution < 1.29 is 24.2 Å². The number of carbonyl (C=O) groups excluding carboxylic acids is 2. The van der Waals surface area contributed by atoms with Gasteiger partial charge in [0.2, 0.25) is 5.91 Å². The summed E-state index contributed by atoms with van der Waals surface area (Å²) in [6.45, 7) is 5.37. The minimum Gasteiger partial charge on any atom is -0.480 e. The Labute approximate surface area is 211 Å². The average Bonchev–Trinajstić information content (AvgIpc) is 2.88. The fourth-order valence-corrected chi connectivity index (χ4v) is 3.87. The van der Waals surface area contributed by atoms with Gasteiger partial charge in [0, 0.05) is 5.69 Å². The first-order chi connectivity index (χ1) is 17.3. The van der Waals surface area contributed by atoms with Crippen molar-refractivity contribution in [2.24, 2.45) is 5.92 Å². The Morgan fingerprint density at radius 3 is 1.94 bits per heavy atom. The van der Waals surface area contributed by atoms with E-state index in [2.05, 4.69) is 5.32 Å². The lowest BCUT2D eigenvalue weighted by Gasteiger charge is -2.31. The topological polar surface area (TPSA) is 95.9 Å². The summed E-state index contributed by atoms with van der Waals surface area (Å²) in [7, 11) is 0. The molecule has 0 aliphatic rings. The van der Waals surface area contributed by atoms with Gasteiger partial charge in [0.15, 0.2) is 0 Å². The predicted molar refractivity (Wildman–Crippen MR) is 139 cm³/mol. The van der Waals surface area contributed by atoms with E-state index in [4.69, 9.17) is 4.74 Å². The molecule has 0 unspecified atom stereocenters. The Bertz CT molecular complexity index is 1150. The highest BCUT2D eigenvalue weighted by atomic mass is 16.5. The van der Waals surface area contributed by atoms with E-state index in [-0.39, 0.29) is 12.5 Å². The predicted octanol–water partition coefficient (Wildman–Crippen LogP) is 5.50. The normalized spacial score (nSPS) is 12.4. The maximum Gasteiger partial charge on any atom is 0.408 e. The number of ether oxygens (including phenoxy) is 1. The first-order valence-electron chi connectivity index (χ1n) is 11.9. The number of carbonyl (C=O) groups is 3. The smallest absolute Gasteiger partial charge is 0.408 e. The van der Waals surface area contributed by atoms with Gasteiger partial charge in [-0.2, -0.15) is 0 Å². The zero-order valence-corrected chi connectivity index (χ0v) is 20.8. The van der Waals surface area contributed by atoms with Crippen molar-refractivity contribution in [1.29, 1.82) is 0 Å². The lowest BCUT2D eigenvalue weighted by molar-refractivity contribution is -0.139. The fourth-order valence-electron chi connectivity index (χ4n) is 3.87. The number of anilines is 1. The molecule has 0 aliphatic heterocycles. The summed E-state index contributed by atoms with van der Waals surface area (Å²) < 4.78 is 5.31. The van der Waals surface area contributed by atoms with E-state index < -0.39 is 30.1 Å². The number of hydrogen-bond donors (Lipinski definition) is 2. The van der Waals surface area contributed by atoms with Crippen LogP contribution in [0.2, 0.25) is 0 Å². The molecular weight excluding hydrogens is 456 g/mol. The maximum atomic E-state index is 13.7. The molecule has 3 rings (SSSR count). The first-order valence-corrected chi connectivity index (χ1v) is 11.9. The van der Waals surface area contributed by atoms with Gasteiger partial charge in [-0.1, -0.05) is 86.6 Å². The Hall–Kier alpha value is -4.13. The molecule has 2 amide bonds. The zero-order valence-electron chi connectivity index (χ0n) is 20.8. The number of carboxylic acid groups (broad SMARTS) is 1. The molecule has 36 heavy (non-hydrogen) atoms. The minimum atomic E-state index is -1.15. The Morgan fingerprint density at radius 1 is 0.833 bits per heavy atom. The van der Waals surface area contributed by atoms with Crippen molar-refractivity contribution in [1.82, 2.24) is 5.32 Å². The Morgan fingerprint density at radius 2 is 1.39 bits per heavy atom. The number of aliphatic carboxylic acids is 1. The number of carboxylic acids is 1. The zero-order chi connectivity index (χ0) is 26.1. The summed E-state index contributed by atoms with van der Waals surface area (Å²) in [5.41, 5.74) is 3.20. The third-order valence-corrected chi connectivity index (χ3v) is 5.74. The van der Waals surface area contributed by atoms with Gasteiger partial charge in [0.05, 0.1) is 0 Å². The molecule has 188 valence electrons. The van der Waals surface area contributed by atoms with E-state index in [1.54, 1.807) is 12.1 Å². The number of alkyl carbamates (subject to hydrolysis) is 1. The van der Waals surface area contributed by atoms with Gasteiger partial charge in [-0.15, -0.1) is 0 Å². The first kappa shape index (κ1) is 26.5. The molecule has 0 saturated heterocycles. The van der Waals surface area contributed by atoms with Crippen molar-refractivity contribution in [2.75, 3.05) is 4.90 Å². The van der Waals surface area contributed by atoms with Crippen LogP contribution in [0.1, 0.15) is 32.8 Å². The van der Waals surface area contributed by atoms with Crippen LogP contribution in [-0.4, -0.2) is 35.2 Å². The van der Waals surface area contributed by atoms with E-state index in [0.29, 0.717) is 12.1 Å². The standard InChI is InChI=1S/C29H32N2O5/c1-20(2)18-26(30-29(35)36-19-22-10-6-4-7-11-22)27(32)31(21(3)28(33)34)25-16-14-24(15-17-25)23-12-8-5-9-13-23/h4-17,20-21,26H,18-19H2,1-3H3,(H,30,35)(H,33,34)/t21-,26-/m0/s1. The summed E-state index contributed by atoms with van der Waals surface area (Å²) in [6.07, 6.45) is -0.412. The van der Waals surface area contributed by atoms with Crippen LogP contribution in [0.25, 0.3) is 11.1 Å². The van der Waals surface area contributed by atoms with E-state index in [0.717, 1.165) is 16.7 Å². The summed E-state index contributed by atoms with van der Waals surface area (Å²) in [4.78, 5) is 39.4. The van der Waals surface area contributed by atoms with Crippen molar-refractivity contribution in [3.05, 3.63) is 90.5 Å². The highest BCUT2D eigenvalue weighted by molar-refractivity contribution is 6.03. The molecule has 0 saturated carbocycles. The summed E-state index contributed by atoms with van der Waals surface area (Å²) in [5, 5.41) is 12.4. The SMILES string of the molecule is CC(C)C[C@H](NC(=O)OCc1ccccc1)C(=O)N(c1ccc(-c2ccccc2)cc1)[C@@H](C)C(=O)O. The van der Waals surface area contributed by atoms with Gasteiger partial charge >= 0.3 is 12.1 Å². The largest absolute Gasteiger partial charge is 0.480 e. The Balaban J connectivity index is 1.82. The van der Waals surface area contributed by atoms with Crippen LogP contribution in [0.15, 0.2) is 84.9 Å². The molecule has 2 N–H and O–H groups in total. The highest BCUT2D eigenvalue weighted by Crippen LogP contribution is 2.26. The molecule has 2 atom stereocenters. The lowest BCUT2D eigenvalue weighted by atomic mass is 10.0. The maximum absolute atomic E-state index is 13.7. The Kier molecular flexibility index (Phi) is 9.22. The monoisotopic (exact) mass is 488 g/mol. The fraction of sp³-hybridized carbons (Fsp3) is 0.276. The summed E-state index contributed by atoms with van der Waals surface area (Å²) >= 11 is 0. The molecule has 3 aromatic rings. The quantitative estimate of drug-likeness (QED) is 0.393.